The molecule has 16 heavy (non-hydrogen) atoms. The van der Waals surface area contributed by atoms with Gasteiger partial charge < -0.3 is 9.84 Å². The van der Waals surface area contributed by atoms with Gasteiger partial charge >= 0.3 is 0 Å². The Morgan fingerprint density at radius 2 is 2.12 bits per heavy atom. The van der Waals surface area contributed by atoms with Crippen LogP contribution in [-0.4, -0.2) is 11.7 Å². The highest BCUT2D eigenvalue weighted by molar-refractivity contribution is 6.32. The molecule has 0 bridgehead atoms. The SMILES string of the molecule is CC(C)CCCOc1ccc(CO)cc1Cl. The molecular weight excluding hydrogens is 224 g/mol. The predicted octanol–water partition coefficient (Wildman–Crippen LogP) is 3.65. The van der Waals surface area contributed by atoms with E-state index in [2.05, 4.69) is 13.8 Å². The highest BCUT2D eigenvalue weighted by Crippen LogP contribution is 2.25. The average molecular weight is 243 g/mol. The van der Waals surface area contributed by atoms with Gasteiger partial charge in [0.15, 0.2) is 0 Å². The van der Waals surface area contributed by atoms with Crippen molar-refractivity contribution in [3.05, 3.63) is 28.8 Å². The van der Waals surface area contributed by atoms with Crippen LogP contribution >= 0.6 is 11.6 Å². The molecule has 0 aliphatic heterocycles. The molecule has 0 unspecified atom stereocenters. The molecule has 3 heteroatoms. The van der Waals surface area contributed by atoms with Crippen LogP contribution in [0, 0.1) is 5.92 Å². The first-order valence-corrected chi connectivity index (χ1v) is 6.03. The molecule has 0 fully saturated rings. The molecule has 0 spiro atoms. The van der Waals surface area contributed by atoms with Gasteiger partial charge in [0.25, 0.3) is 0 Å². The van der Waals surface area contributed by atoms with E-state index in [1.165, 1.54) is 0 Å². The molecular formula is C13H19ClO2. The van der Waals surface area contributed by atoms with Crippen LogP contribution in [-0.2, 0) is 6.61 Å². The summed E-state index contributed by atoms with van der Waals surface area (Å²) in [5, 5.41) is 9.49. The first kappa shape index (κ1) is 13.3. The van der Waals surface area contributed by atoms with Gasteiger partial charge in [0.2, 0.25) is 0 Å². The second kappa shape index (κ2) is 6.77. The van der Waals surface area contributed by atoms with Gasteiger partial charge in [-0.25, -0.2) is 0 Å². The molecule has 90 valence electrons. The minimum absolute atomic E-state index is 0.00729. The van der Waals surface area contributed by atoms with Crippen molar-refractivity contribution in [2.75, 3.05) is 6.61 Å². The molecule has 0 atom stereocenters. The van der Waals surface area contributed by atoms with Gasteiger partial charge in [-0.2, -0.15) is 0 Å². The Balaban J connectivity index is 2.42. The Labute approximate surface area is 102 Å². The Hall–Kier alpha value is -0.730. The highest BCUT2D eigenvalue weighted by Gasteiger charge is 2.03. The van der Waals surface area contributed by atoms with Crippen LogP contribution in [0.3, 0.4) is 0 Å². The number of benzene rings is 1. The van der Waals surface area contributed by atoms with E-state index in [9.17, 15) is 0 Å². The maximum atomic E-state index is 8.93. The lowest BCUT2D eigenvalue weighted by Crippen LogP contribution is -2.00. The van der Waals surface area contributed by atoms with E-state index in [0.29, 0.717) is 23.3 Å². The van der Waals surface area contributed by atoms with Crippen LogP contribution in [0.2, 0.25) is 5.02 Å². The lowest BCUT2D eigenvalue weighted by molar-refractivity contribution is 0.280. The van der Waals surface area contributed by atoms with E-state index in [-0.39, 0.29) is 6.61 Å². The topological polar surface area (TPSA) is 29.5 Å². The summed E-state index contributed by atoms with van der Waals surface area (Å²) in [4.78, 5) is 0. The second-order valence-electron chi connectivity index (χ2n) is 4.31. The van der Waals surface area contributed by atoms with E-state index in [4.69, 9.17) is 21.4 Å². The minimum Gasteiger partial charge on any atom is -0.492 e. The first-order valence-electron chi connectivity index (χ1n) is 5.65. The highest BCUT2D eigenvalue weighted by atomic mass is 35.5. The third kappa shape index (κ3) is 4.42. The number of rotatable bonds is 6. The van der Waals surface area contributed by atoms with E-state index in [0.717, 1.165) is 18.4 Å². The monoisotopic (exact) mass is 242 g/mol. The lowest BCUT2D eigenvalue weighted by Gasteiger charge is -2.09. The fourth-order valence-corrected chi connectivity index (χ4v) is 1.69. The van der Waals surface area contributed by atoms with Crippen LogP contribution in [0.25, 0.3) is 0 Å². The van der Waals surface area contributed by atoms with Gasteiger partial charge in [0, 0.05) is 0 Å². The molecule has 0 aromatic heterocycles. The summed E-state index contributed by atoms with van der Waals surface area (Å²) < 4.78 is 5.57. The molecule has 1 aromatic carbocycles. The van der Waals surface area contributed by atoms with E-state index >= 15 is 0 Å². The summed E-state index contributed by atoms with van der Waals surface area (Å²) >= 11 is 6.01. The van der Waals surface area contributed by atoms with Gasteiger partial charge in [-0.15, -0.1) is 0 Å². The largest absolute Gasteiger partial charge is 0.492 e. The summed E-state index contributed by atoms with van der Waals surface area (Å²) in [7, 11) is 0. The van der Waals surface area contributed by atoms with Crippen LogP contribution in [0.5, 0.6) is 5.75 Å². The van der Waals surface area contributed by atoms with E-state index in [1.807, 2.05) is 12.1 Å². The Morgan fingerprint density at radius 3 is 2.69 bits per heavy atom. The molecule has 1 aromatic rings. The van der Waals surface area contributed by atoms with Gasteiger partial charge in [0.05, 0.1) is 18.2 Å². The molecule has 0 radical (unpaired) electrons. The molecule has 0 saturated heterocycles. The summed E-state index contributed by atoms with van der Waals surface area (Å²) in [6, 6.07) is 5.37. The Kier molecular flexibility index (Phi) is 5.64. The van der Waals surface area contributed by atoms with E-state index < -0.39 is 0 Å². The van der Waals surface area contributed by atoms with Crippen molar-refractivity contribution < 1.29 is 9.84 Å². The summed E-state index contributed by atoms with van der Waals surface area (Å²) in [6.45, 7) is 5.09. The zero-order valence-electron chi connectivity index (χ0n) is 9.87. The fraction of sp³-hybridized carbons (Fsp3) is 0.538. The molecule has 1 N–H and O–H groups in total. The number of hydrogen-bond acceptors (Lipinski definition) is 2. The van der Waals surface area contributed by atoms with E-state index in [1.54, 1.807) is 6.07 Å². The van der Waals surface area contributed by atoms with Gasteiger partial charge in [-0.3, -0.25) is 0 Å². The Morgan fingerprint density at radius 1 is 1.38 bits per heavy atom. The second-order valence-corrected chi connectivity index (χ2v) is 4.71. The van der Waals surface area contributed by atoms with Crippen molar-refractivity contribution in [3.63, 3.8) is 0 Å². The fourth-order valence-electron chi connectivity index (χ4n) is 1.43. The first-order chi connectivity index (χ1) is 7.63. The van der Waals surface area contributed by atoms with Gasteiger partial charge in [-0.1, -0.05) is 31.5 Å². The van der Waals surface area contributed by atoms with Crippen molar-refractivity contribution in [3.8, 4) is 5.75 Å². The number of hydrogen-bond donors (Lipinski definition) is 1. The molecule has 0 aliphatic carbocycles. The average Bonchev–Trinajstić information content (AvgIpc) is 2.25. The Bertz CT molecular complexity index is 324. The summed E-state index contributed by atoms with van der Waals surface area (Å²) in [6.07, 6.45) is 2.20. The summed E-state index contributed by atoms with van der Waals surface area (Å²) in [5.74, 6) is 1.40. The number of ether oxygens (including phenoxy) is 1. The van der Waals surface area contributed by atoms with Crippen molar-refractivity contribution in [2.24, 2.45) is 5.92 Å². The van der Waals surface area contributed by atoms with Crippen molar-refractivity contribution in [1.82, 2.24) is 0 Å². The van der Waals surface area contributed by atoms with Crippen molar-refractivity contribution in [2.45, 2.75) is 33.3 Å². The molecule has 2 nitrogen and oxygen atoms in total. The quantitative estimate of drug-likeness (QED) is 0.772. The molecule has 0 heterocycles. The molecule has 0 saturated carbocycles. The van der Waals surface area contributed by atoms with Crippen LogP contribution < -0.4 is 4.74 Å². The predicted molar refractivity (Wildman–Crippen MR) is 66.9 cm³/mol. The van der Waals surface area contributed by atoms with Crippen LogP contribution in [0.15, 0.2) is 18.2 Å². The van der Waals surface area contributed by atoms with Crippen LogP contribution in [0.1, 0.15) is 32.3 Å². The standard InChI is InChI=1S/C13H19ClO2/c1-10(2)4-3-7-16-13-6-5-11(9-15)8-12(13)14/h5-6,8,10,15H,3-4,7,9H2,1-2H3. The van der Waals surface area contributed by atoms with Crippen molar-refractivity contribution in [1.29, 1.82) is 0 Å². The normalized spacial score (nSPS) is 10.8. The maximum absolute atomic E-state index is 8.93. The number of aliphatic hydroxyl groups excluding tert-OH is 1. The number of aliphatic hydroxyl groups is 1. The maximum Gasteiger partial charge on any atom is 0.137 e. The van der Waals surface area contributed by atoms with Gasteiger partial charge in [-0.05, 0) is 36.5 Å². The third-order valence-corrected chi connectivity index (χ3v) is 2.66. The summed E-state index contributed by atoms with van der Waals surface area (Å²) in [5.41, 5.74) is 0.805. The smallest absolute Gasteiger partial charge is 0.137 e. The number of halogens is 1. The van der Waals surface area contributed by atoms with Crippen LogP contribution in [0.4, 0.5) is 0 Å². The minimum atomic E-state index is 0.00729. The van der Waals surface area contributed by atoms with Gasteiger partial charge in [0.1, 0.15) is 5.75 Å². The zero-order valence-corrected chi connectivity index (χ0v) is 10.6. The lowest BCUT2D eigenvalue weighted by atomic mass is 10.1. The van der Waals surface area contributed by atoms with Crippen molar-refractivity contribution >= 4 is 11.6 Å². The molecule has 0 aliphatic rings. The zero-order chi connectivity index (χ0) is 12.0. The third-order valence-electron chi connectivity index (χ3n) is 2.36. The molecule has 1 rings (SSSR count). The molecule has 0 amide bonds.